The maximum atomic E-state index is 9.17. The minimum atomic E-state index is -0.178. The molecule has 0 saturated carbocycles. The second-order valence-corrected chi connectivity index (χ2v) is 3.81. The van der Waals surface area contributed by atoms with E-state index in [1.165, 1.54) is 12.3 Å². The minimum absolute atomic E-state index is 0.106. The van der Waals surface area contributed by atoms with Crippen LogP contribution in [0.3, 0.4) is 0 Å². The minimum Gasteiger partial charge on any atom is -0.504 e. The summed E-state index contributed by atoms with van der Waals surface area (Å²) in [5, 5.41) is 18.2. The Kier molecular flexibility index (Phi) is 1.96. The first-order valence-corrected chi connectivity index (χ1v) is 3.80. The SMILES string of the molecule is CC(C)(C)c1cc(O)c(O)cn1. The third-order valence-electron chi connectivity index (χ3n) is 1.63. The normalized spacial score (nSPS) is 11.6. The van der Waals surface area contributed by atoms with Gasteiger partial charge in [0, 0.05) is 17.2 Å². The first-order chi connectivity index (χ1) is 5.41. The zero-order valence-electron chi connectivity index (χ0n) is 7.50. The number of pyridine rings is 1. The molecule has 1 heterocycles. The van der Waals surface area contributed by atoms with E-state index in [9.17, 15) is 5.11 Å². The second-order valence-electron chi connectivity index (χ2n) is 3.81. The van der Waals surface area contributed by atoms with Gasteiger partial charge >= 0.3 is 0 Å². The van der Waals surface area contributed by atoms with Crippen molar-refractivity contribution in [3.8, 4) is 11.5 Å². The molecule has 3 nitrogen and oxygen atoms in total. The molecule has 0 bridgehead atoms. The molecule has 0 amide bonds. The Morgan fingerprint density at radius 3 is 2.17 bits per heavy atom. The molecule has 1 rings (SSSR count). The monoisotopic (exact) mass is 167 g/mol. The fraction of sp³-hybridized carbons (Fsp3) is 0.444. The Bertz CT molecular complexity index is 289. The van der Waals surface area contributed by atoms with Gasteiger partial charge in [0.2, 0.25) is 0 Å². The van der Waals surface area contributed by atoms with Gasteiger partial charge in [0.1, 0.15) is 0 Å². The molecule has 0 radical (unpaired) electrons. The van der Waals surface area contributed by atoms with Crippen molar-refractivity contribution in [3.05, 3.63) is 18.0 Å². The molecular weight excluding hydrogens is 154 g/mol. The summed E-state index contributed by atoms with van der Waals surface area (Å²) in [4.78, 5) is 4.00. The number of hydrogen-bond donors (Lipinski definition) is 2. The van der Waals surface area contributed by atoms with Crippen LogP contribution in [0.2, 0.25) is 0 Å². The van der Waals surface area contributed by atoms with E-state index in [1.807, 2.05) is 20.8 Å². The van der Waals surface area contributed by atoms with Crippen LogP contribution in [0.5, 0.6) is 11.5 Å². The van der Waals surface area contributed by atoms with Crippen LogP contribution in [0.25, 0.3) is 0 Å². The third kappa shape index (κ3) is 1.67. The summed E-state index contributed by atoms with van der Waals surface area (Å²) in [5.74, 6) is -0.294. The number of aromatic hydroxyl groups is 2. The molecule has 1 aromatic rings. The molecule has 0 fully saturated rings. The summed E-state index contributed by atoms with van der Waals surface area (Å²) >= 11 is 0. The zero-order valence-corrected chi connectivity index (χ0v) is 7.50. The van der Waals surface area contributed by atoms with Crippen molar-refractivity contribution < 1.29 is 10.2 Å². The van der Waals surface area contributed by atoms with Crippen LogP contribution < -0.4 is 0 Å². The lowest BCUT2D eigenvalue weighted by atomic mass is 9.91. The molecule has 0 spiro atoms. The number of nitrogens with zero attached hydrogens (tertiary/aromatic N) is 1. The van der Waals surface area contributed by atoms with Crippen LogP contribution in [0.1, 0.15) is 26.5 Å². The van der Waals surface area contributed by atoms with Gasteiger partial charge in [-0.15, -0.1) is 0 Å². The van der Waals surface area contributed by atoms with Gasteiger partial charge < -0.3 is 10.2 Å². The van der Waals surface area contributed by atoms with Gasteiger partial charge in [0.05, 0.1) is 6.20 Å². The van der Waals surface area contributed by atoms with E-state index in [0.29, 0.717) is 0 Å². The van der Waals surface area contributed by atoms with Gasteiger partial charge in [0.15, 0.2) is 11.5 Å². The van der Waals surface area contributed by atoms with E-state index < -0.39 is 0 Å². The molecular formula is C9H13NO2. The zero-order chi connectivity index (χ0) is 9.35. The van der Waals surface area contributed by atoms with Crippen molar-refractivity contribution >= 4 is 0 Å². The molecule has 2 N–H and O–H groups in total. The molecule has 1 aromatic heterocycles. The molecule has 12 heavy (non-hydrogen) atoms. The lowest BCUT2D eigenvalue weighted by Gasteiger charge is -2.17. The maximum absolute atomic E-state index is 9.17. The van der Waals surface area contributed by atoms with E-state index in [0.717, 1.165) is 5.69 Å². The van der Waals surface area contributed by atoms with Crippen LogP contribution in [-0.2, 0) is 5.41 Å². The Balaban J connectivity index is 3.14. The molecule has 0 unspecified atom stereocenters. The second kappa shape index (κ2) is 2.66. The first kappa shape index (κ1) is 8.84. The lowest BCUT2D eigenvalue weighted by molar-refractivity contribution is 0.397. The van der Waals surface area contributed by atoms with E-state index in [4.69, 9.17) is 5.11 Å². The molecule has 0 saturated heterocycles. The predicted molar refractivity (Wildman–Crippen MR) is 46.3 cm³/mol. The largest absolute Gasteiger partial charge is 0.504 e. The average molecular weight is 167 g/mol. The standard InChI is InChI=1S/C9H13NO2/c1-9(2,3)8-4-6(11)7(12)5-10-8/h4-5,12H,1-3H3,(H,10,11). The van der Waals surface area contributed by atoms with Crippen LogP contribution >= 0.6 is 0 Å². The van der Waals surface area contributed by atoms with E-state index in [2.05, 4.69) is 4.98 Å². The van der Waals surface area contributed by atoms with Crippen molar-refractivity contribution in [1.29, 1.82) is 0 Å². The highest BCUT2D eigenvalue weighted by atomic mass is 16.3. The summed E-state index contributed by atoms with van der Waals surface area (Å²) in [6.07, 6.45) is 1.26. The predicted octanol–water partition coefficient (Wildman–Crippen LogP) is 1.79. The first-order valence-electron chi connectivity index (χ1n) is 3.80. The quantitative estimate of drug-likeness (QED) is 0.619. The van der Waals surface area contributed by atoms with E-state index >= 15 is 0 Å². The van der Waals surface area contributed by atoms with Crippen molar-refractivity contribution in [2.75, 3.05) is 0 Å². The summed E-state index contributed by atoms with van der Waals surface area (Å²) in [5.41, 5.74) is 0.656. The van der Waals surface area contributed by atoms with E-state index in [1.54, 1.807) is 0 Å². The Morgan fingerprint density at radius 2 is 1.75 bits per heavy atom. The number of aromatic nitrogens is 1. The molecule has 0 aromatic carbocycles. The van der Waals surface area contributed by atoms with Crippen LogP contribution in [0.15, 0.2) is 12.3 Å². The van der Waals surface area contributed by atoms with Crippen LogP contribution in [0.4, 0.5) is 0 Å². The molecule has 0 aliphatic heterocycles. The van der Waals surface area contributed by atoms with Crippen molar-refractivity contribution in [2.45, 2.75) is 26.2 Å². The summed E-state index contributed by atoms with van der Waals surface area (Å²) in [6.45, 7) is 5.98. The summed E-state index contributed by atoms with van der Waals surface area (Å²) < 4.78 is 0. The molecule has 0 aliphatic carbocycles. The van der Waals surface area contributed by atoms with Crippen molar-refractivity contribution in [1.82, 2.24) is 4.98 Å². The fourth-order valence-corrected chi connectivity index (χ4v) is 0.848. The molecule has 3 heteroatoms. The summed E-state index contributed by atoms with van der Waals surface area (Å²) in [7, 11) is 0. The van der Waals surface area contributed by atoms with Crippen LogP contribution in [-0.4, -0.2) is 15.2 Å². The van der Waals surface area contributed by atoms with Crippen molar-refractivity contribution in [2.24, 2.45) is 0 Å². The highest BCUT2D eigenvalue weighted by molar-refractivity contribution is 5.37. The van der Waals surface area contributed by atoms with Gasteiger partial charge in [-0.2, -0.15) is 0 Å². The smallest absolute Gasteiger partial charge is 0.176 e. The molecule has 0 atom stereocenters. The molecule has 66 valence electrons. The highest BCUT2D eigenvalue weighted by Gasteiger charge is 2.16. The number of rotatable bonds is 0. The van der Waals surface area contributed by atoms with Gasteiger partial charge in [-0.05, 0) is 0 Å². The van der Waals surface area contributed by atoms with Gasteiger partial charge in [-0.3, -0.25) is 4.98 Å². The van der Waals surface area contributed by atoms with Gasteiger partial charge in [-0.1, -0.05) is 20.8 Å². The molecule has 0 aliphatic rings. The topological polar surface area (TPSA) is 53.4 Å². The fourth-order valence-electron chi connectivity index (χ4n) is 0.848. The van der Waals surface area contributed by atoms with Gasteiger partial charge in [0.25, 0.3) is 0 Å². The Morgan fingerprint density at radius 1 is 1.17 bits per heavy atom. The van der Waals surface area contributed by atoms with Crippen LogP contribution in [0, 0.1) is 0 Å². The lowest BCUT2D eigenvalue weighted by Crippen LogP contribution is -2.12. The average Bonchev–Trinajstić information content (AvgIpc) is 1.92. The maximum Gasteiger partial charge on any atom is 0.176 e. The van der Waals surface area contributed by atoms with E-state index in [-0.39, 0.29) is 16.9 Å². The summed E-state index contributed by atoms with van der Waals surface area (Å²) in [6, 6.07) is 1.48. The Labute approximate surface area is 71.7 Å². The van der Waals surface area contributed by atoms with Gasteiger partial charge in [-0.25, -0.2) is 0 Å². The third-order valence-corrected chi connectivity index (χ3v) is 1.63. The number of hydrogen-bond acceptors (Lipinski definition) is 3. The Hall–Kier alpha value is -1.25. The highest BCUT2D eigenvalue weighted by Crippen LogP contribution is 2.28. The van der Waals surface area contributed by atoms with Crippen molar-refractivity contribution in [3.63, 3.8) is 0 Å².